The zero-order valence-corrected chi connectivity index (χ0v) is 22.3. The van der Waals surface area contributed by atoms with E-state index in [1.807, 2.05) is 11.3 Å². The van der Waals surface area contributed by atoms with Crippen molar-refractivity contribution in [3.8, 4) is 0 Å². The van der Waals surface area contributed by atoms with Gasteiger partial charge in [-0.15, -0.1) is 11.3 Å². The van der Waals surface area contributed by atoms with E-state index in [4.69, 9.17) is 34.4 Å². The number of alkyl halides is 9. The number of nitrogens with zero attached hydrogens (tertiary/aromatic N) is 3. The fraction of sp³-hybridized carbons (Fsp3) is 0.667. The Morgan fingerprint density at radius 3 is 1.76 bits per heavy atom. The van der Waals surface area contributed by atoms with E-state index in [0.29, 0.717) is 12.1 Å². The summed E-state index contributed by atoms with van der Waals surface area (Å²) in [5.74, 6) is -8.27. The van der Waals surface area contributed by atoms with Gasteiger partial charge in [0.15, 0.2) is 0 Å². The van der Waals surface area contributed by atoms with Gasteiger partial charge in [-0.2, -0.15) is 39.5 Å². The number of likely N-dealkylation sites (N-methyl/N-ethyl adjacent to an activating group) is 1. The van der Waals surface area contributed by atoms with Gasteiger partial charge in [0.2, 0.25) is 0 Å². The second kappa shape index (κ2) is 16.7. The molecule has 0 spiro atoms. The van der Waals surface area contributed by atoms with Crippen LogP contribution < -0.4 is 0 Å². The molecule has 2 aliphatic rings. The molecule has 2 aliphatic heterocycles. The van der Waals surface area contributed by atoms with Gasteiger partial charge in [0.25, 0.3) is 0 Å². The summed E-state index contributed by atoms with van der Waals surface area (Å²) in [6, 6.07) is 4.96. The van der Waals surface area contributed by atoms with Crippen LogP contribution in [0.25, 0.3) is 0 Å². The van der Waals surface area contributed by atoms with Gasteiger partial charge in [-0.3, -0.25) is 9.80 Å². The minimum atomic E-state index is -5.08. The van der Waals surface area contributed by atoms with Gasteiger partial charge in [0.1, 0.15) is 0 Å². The number of halogens is 9. The lowest BCUT2D eigenvalue weighted by atomic mass is 10.1. The molecule has 0 amide bonds. The lowest BCUT2D eigenvalue weighted by Crippen LogP contribution is -2.52. The summed E-state index contributed by atoms with van der Waals surface area (Å²) in [6.45, 7) is 7.58. The fourth-order valence-corrected chi connectivity index (χ4v) is 3.94. The van der Waals surface area contributed by atoms with Gasteiger partial charge in [0, 0.05) is 50.2 Å². The summed E-state index contributed by atoms with van der Waals surface area (Å²) in [6.07, 6.45) is -14.8. The molecule has 0 aromatic carbocycles. The Morgan fingerprint density at radius 2 is 1.39 bits per heavy atom. The van der Waals surface area contributed by atoms with Gasteiger partial charge in [-0.05, 0) is 25.5 Å². The van der Waals surface area contributed by atoms with Crippen LogP contribution in [0, 0.1) is 0 Å². The molecule has 0 saturated carbocycles. The molecule has 2 fully saturated rings. The lowest BCUT2D eigenvalue weighted by molar-refractivity contribution is -0.193. The molecule has 1 aromatic rings. The van der Waals surface area contributed by atoms with Crippen molar-refractivity contribution in [3.05, 3.63) is 22.4 Å². The summed E-state index contributed by atoms with van der Waals surface area (Å²) >= 11 is 1.86. The number of carbonyl (C=O) groups is 3. The Morgan fingerprint density at radius 1 is 0.927 bits per heavy atom. The van der Waals surface area contributed by atoms with Crippen LogP contribution in [0.3, 0.4) is 0 Å². The zero-order valence-electron chi connectivity index (χ0n) is 21.5. The van der Waals surface area contributed by atoms with E-state index in [-0.39, 0.29) is 0 Å². The fourth-order valence-electron chi connectivity index (χ4n) is 3.19. The topological polar surface area (TPSA) is 131 Å². The van der Waals surface area contributed by atoms with Crippen molar-refractivity contribution in [1.29, 1.82) is 0 Å². The monoisotopic (exact) mass is 637 g/mol. The lowest BCUT2D eigenvalue weighted by Gasteiger charge is -2.37. The number of thiophene rings is 1. The van der Waals surface area contributed by atoms with Crippen LogP contribution in [0.15, 0.2) is 17.5 Å². The van der Waals surface area contributed by atoms with Crippen molar-refractivity contribution in [2.75, 3.05) is 53.4 Å². The number of rotatable bonds is 5. The van der Waals surface area contributed by atoms with Gasteiger partial charge >= 0.3 is 36.4 Å². The number of likely N-dealkylation sites (tertiary alicyclic amines) is 1. The molecule has 2 saturated heterocycles. The van der Waals surface area contributed by atoms with Gasteiger partial charge in [-0.1, -0.05) is 6.07 Å². The van der Waals surface area contributed by atoms with Crippen LogP contribution in [0.4, 0.5) is 39.5 Å². The second-order valence-corrected chi connectivity index (χ2v) is 9.53. The maximum Gasteiger partial charge on any atom is 0.490 e. The van der Waals surface area contributed by atoms with Gasteiger partial charge in [-0.25, -0.2) is 14.4 Å². The zero-order chi connectivity index (χ0) is 32.2. The van der Waals surface area contributed by atoms with Crippen molar-refractivity contribution in [1.82, 2.24) is 14.7 Å². The molecule has 41 heavy (non-hydrogen) atoms. The first-order valence-electron chi connectivity index (χ1n) is 11.2. The molecule has 3 N–H and O–H groups in total. The highest BCUT2D eigenvalue weighted by Gasteiger charge is 2.40. The average molecular weight is 638 g/mol. The third kappa shape index (κ3) is 16.4. The Bertz CT molecular complexity index is 885. The second-order valence-electron chi connectivity index (χ2n) is 8.50. The molecular weight excluding hydrogens is 609 g/mol. The van der Waals surface area contributed by atoms with E-state index < -0.39 is 36.4 Å². The third-order valence-electron chi connectivity index (χ3n) is 5.01. The number of hydrogen-bond donors (Lipinski definition) is 3. The Kier molecular flexibility index (Phi) is 15.6. The molecule has 0 aliphatic carbocycles. The number of ether oxygens (including phenoxy) is 1. The Labute approximate surface area is 231 Å². The first-order chi connectivity index (χ1) is 18.6. The number of carboxylic acids is 3. The predicted molar refractivity (Wildman–Crippen MR) is 124 cm³/mol. The highest BCUT2D eigenvalue weighted by Crippen LogP contribution is 2.25. The van der Waals surface area contributed by atoms with Crippen molar-refractivity contribution in [2.45, 2.75) is 37.2 Å². The van der Waals surface area contributed by atoms with Crippen LogP contribution in [0.1, 0.15) is 4.88 Å². The molecule has 0 radical (unpaired) electrons. The summed E-state index contributed by atoms with van der Waals surface area (Å²) in [4.78, 5) is 35.6. The molecule has 3 rings (SSSR count). The molecule has 0 unspecified atom stereocenters. The third-order valence-corrected chi connectivity index (χ3v) is 5.87. The standard InChI is InChI=1S/C15H25N3OS.3C2HF3O2/c1-16(2)5-6-18-7-8-19-15-12-17(11-14(15)18)10-13-4-3-9-20-13;3*3-2(4,5)1(6)7/h3-4,9,14-15H,5-8,10-12H2,1-2H3;3*(H,6,7)/t14-,15+;;;/m1.../s1. The van der Waals surface area contributed by atoms with Crippen LogP contribution in [-0.4, -0.2) is 132 Å². The van der Waals surface area contributed by atoms with Crippen molar-refractivity contribution < 1.29 is 74.0 Å². The number of fused-ring (bicyclic) bond motifs is 1. The molecule has 0 bridgehead atoms. The number of hydrogen-bond acceptors (Lipinski definition) is 8. The summed E-state index contributed by atoms with van der Waals surface area (Å²) in [7, 11) is 4.30. The Balaban J connectivity index is 0.000000631. The average Bonchev–Trinajstić information content (AvgIpc) is 3.46. The van der Waals surface area contributed by atoms with Crippen molar-refractivity contribution in [2.24, 2.45) is 0 Å². The van der Waals surface area contributed by atoms with E-state index in [1.54, 1.807) is 0 Å². The SMILES string of the molecule is CN(C)CCN1CCO[C@H]2CN(Cc3cccs3)C[C@H]21.O=C(O)C(F)(F)F.O=C(O)C(F)(F)F.O=C(O)C(F)(F)F. The highest BCUT2D eigenvalue weighted by molar-refractivity contribution is 7.09. The van der Waals surface area contributed by atoms with E-state index in [2.05, 4.69) is 46.3 Å². The Hall–Kier alpha value is -2.68. The molecule has 1 aromatic heterocycles. The van der Waals surface area contributed by atoms with Crippen LogP contribution >= 0.6 is 11.3 Å². The summed E-state index contributed by atoms with van der Waals surface area (Å²) in [5, 5.41) is 23.5. The van der Waals surface area contributed by atoms with Crippen LogP contribution in [0.2, 0.25) is 0 Å². The number of morpholine rings is 1. The van der Waals surface area contributed by atoms with Crippen molar-refractivity contribution in [3.63, 3.8) is 0 Å². The van der Waals surface area contributed by atoms with E-state index in [0.717, 1.165) is 45.9 Å². The van der Waals surface area contributed by atoms with Crippen molar-refractivity contribution >= 4 is 29.2 Å². The number of carboxylic acid groups (broad SMARTS) is 3. The predicted octanol–water partition coefficient (Wildman–Crippen LogP) is 3.09. The molecule has 2 atom stereocenters. The van der Waals surface area contributed by atoms with Crippen LogP contribution in [0.5, 0.6) is 0 Å². The molecule has 20 heteroatoms. The maximum absolute atomic E-state index is 10.6. The van der Waals surface area contributed by atoms with Crippen LogP contribution in [-0.2, 0) is 25.7 Å². The minimum Gasteiger partial charge on any atom is -0.475 e. The highest BCUT2D eigenvalue weighted by atomic mass is 32.1. The number of aliphatic carboxylic acids is 3. The molecule has 3 heterocycles. The van der Waals surface area contributed by atoms with E-state index in [9.17, 15) is 39.5 Å². The van der Waals surface area contributed by atoms with Gasteiger partial charge < -0.3 is 25.0 Å². The first-order valence-corrected chi connectivity index (χ1v) is 12.1. The smallest absolute Gasteiger partial charge is 0.475 e. The molecule has 238 valence electrons. The van der Waals surface area contributed by atoms with E-state index >= 15 is 0 Å². The minimum absolute atomic E-state index is 0.408. The maximum atomic E-state index is 10.6. The molecular formula is C21H28F9N3O7S. The first kappa shape index (κ1) is 38.3. The summed E-state index contributed by atoms with van der Waals surface area (Å²) in [5.41, 5.74) is 0. The van der Waals surface area contributed by atoms with Gasteiger partial charge in [0.05, 0.1) is 12.7 Å². The largest absolute Gasteiger partial charge is 0.490 e. The normalized spacial score (nSPS) is 19.5. The van der Waals surface area contributed by atoms with E-state index in [1.165, 1.54) is 4.88 Å². The molecule has 10 nitrogen and oxygen atoms in total. The quantitative estimate of drug-likeness (QED) is 0.414. The summed E-state index contributed by atoms with van der Waals surface area (Å²) < 4.78 is 101.